The number of pyridine rings is 1. The normalized spacial score (nSPS) is 18.4. The number of nitrogens with zero attached hydrogens (tertiary/aromatic N) is 3. The molecule has 4 aromatic rings. The number of phenols is 1. The summed E-state index contributed by atoms with van der Waals surface area (Å²) in [6, 6.07) is 13.7. The molecule has 252 valence electrons. The molecular weight excluding hydrogens is 633 g/mol. The summed E-state index contributed by atoms with van der Waals surface area (Å²) >= 11 is 1.41. The van der Waals surface area contributed by atoms with Gasteiger partial charge in [0, 0.05) is 37.6 Å². The van der Waals surface area contributed by atoms with Crippen molar-refractivity contribution >= 4 is 23.2 Å². The molecule has 12 heteroatoms. The molecule has 1 saturated heterocycles. The van der Waals surface area contributed by atoms with Crippen LogP contribution in [0, 0.1) is 5.82 Å². The molecule has 6 rings (SSSR count). The van der Waals surface area contributed by atoms with Gasteiger partial charge in [-0.15, -0.1) is 11.3 Å². The Morgan fingerprint density at radius 1 is 1.00 bits per heavy atom. The van der Waals surface area contributed by atoms with Gasteiger partial charge in [-0.25, -0.2) is 14.4 Å². The number of thiazole rings is 1. The second-order valence-corrected chi connectivity index (χ2v) is 13.6. The summed E-state index contributed by atoms with van der Waals surface area (Å²) < 4.78 is 25.9. The van der Waals surface area contributed by atoms with Gasteiger partial charge in [0.05, 0.1) is 30.6 Å². The lowest BCUT2D eigenvalue weighted by Gasteiger charge is -2.29. The first-order chi connectivity index (χ1) is 23.2. The summed E-state index contributed by atoms with van der Waals surface area (Å²) in [6.07, 6.45) is 5.39. The van der Waals surface area contributed by atoms with Crippen LogP contribution in [0.2, 0.25) is 0 Å². The van der Waals surface area contributed by atoms with Crippen molar-refractivity contribution in [3.63, 3.8) is 0 Å². The van der Waals surface area contributed by atoms with Gasteiger partial charge in [-0.3, -0.25) is 14.5 Å². The summed E-state index contributed by atoms with van der Waals surface area (Å²) in [5.41, 5.74) is 2.77. The SMILES string of the molecule is CC(C)c1ncc(C(=O)NC2CCC(NC(=O)c3cc(F)cnc3Oc3cccc(-c4ccc(O)cc4CN4CCOCC4)c3)CC2)s1. The monoisotopic (exact) mass is 673 g/mol. The number of phenolic OH excluding ortho intramolecular Hbond substituents is 1. The maximum absolute atomic E-state index is 14.4. The number of nitrogens with one attached hydrogen (secondary N) is 2. The summed E-state index contributed by atoms with van der Waals surface area (Å²) in [5.74, 6) is -0.354. The molecule has 2 aliphatic rings. The van der Waals surface area contributed by atoms with Crippen LogP contribution in [-0.4, -0.2) is 70.2 Å². The third-order valence-electron chi connectivity index (χ3n) is 8.65. The fourth-order valence-electron chi connectivity index (χ4n) is 6.06. The van der Waals surface area contributed by atoms with Crippen molar-refractivity contribution in [3.8, 4) is 28.5 Å². The van der Waals surface area contributed by atoms with Gasteiger partial charge in [0.25, 0.3) is 11.8 Å². The zero-order valence-electron chi connectivity index (χ0n) is 27.1. The van der Waals surface area contributed by atoms with Gasteiger partial charge in [-0.1, -0.05) is 32.0 Å². The van der Waals surface area contributed by atoms with Gasteiger partial charge in [-0.05, 0) is 72.7 Å². The maximum atomic E-state index is 14.4. The van der Waals surface area contributed by atoms with E-state index >= 15 is 0 Å². The summed E-state index contributed by atoms with van der Waals surface area (Å²) in [4.78, 5) is 37.5. The molecule has 1 aliphatic heterocycles. The van der Waals surface area contributed by atoms with Crippen LogP contribution >= 0.6 is 11.3 Å². The standard InChI is InChI=1S/C36H40FN5O5S/c1-22(2)36-39-20-32(48-36)34(45)41-27-8-6-26(7-9-27)40-33(44)31-18-25(37)19-38-35(31)47-29-5-3-4-23(17-29)30-11-10-28(43)16-24(30)21-42-12-14-46-15-13-42/h3-5,10-11,16-20,22,26-27,43H,6-9,12-15,21H2,1-2H3,(H,40,44)(H,41,45). The number of hydrogen-bond donors (Lipinski definition) is 3. The Morgan fingerprint density at radius 2 is 1.73 bits per heavy atom. The van der Waals surface area contributed by atoms with Crippen LogP contribution in [0.25, 0.3) is 11.1 Å². The van der Waals surface area contributed by atoms with E-state index in [9.17, 15) is 19.1 Å². The number of carbonyl (C=O) groups excluding carboxylic acids is 2. The Kier molecular flexibility index (Phi) is 10.6. The molecule has 3 N–H and O–H groups in total. The minimum Gasteiger partial charge on any atom is -0.508 e. The van der Waals surface area contributed by atoms with Crippen LogP contribution in [0.1, 0.15) is 76.0 Å². The zero-order valence-corrected chi connectivity index (χ0v) is 27.9. The first-order valence-corrected chi connectivity index (χ1v) is 17.2. The van der Waals surface area contributed by atoms with E-state index in [-0.39, 0.29) is 41.1 Å². The Labute approximate surface area is 283 Å². The van der Waals surface area contributed by atoms with Crippen LogP contribution in [0.15, 0.2) is 60.9 Å². The van der Waals surface area contributed by atoms with E-state index in [1.807, 2.05) is 38.1 Å². The van der Waals surface area contributed by atoms with Crippen LogP contribution in [0.4, 0.5) is 4.39 Å². The number of rotatable bonds is 10. The number of benzene rings is 2. The van der Waals surface area contributed by atoms with Crippen LogP contribution < -0.4 is 15.4 Å². The first kappa shape index (κ1) is 33.5. The molecule has 0 bridgehead atoms. The molecule has 48 heavy (non-hydrogen) atoms. The molecule has 2 fully saturated rings. The number of ether oxygens (including phenoxy) is 2. The fraction of sp³-hybridized carbons (Fsp3) is 0.389. The highest BCUT2D eigenvalue weighted by Crippen LogP contribution is 2.33. The quantitative estimate of drug-likeness (QED) is 0.180. The third kappa shape index (κ3) is 8.36. The van der Waals surface area contributed by atoms with E-state index in [1.165, 1.54) is 11.3 Å². The number of aromatic hydroxyl groups is 1. The van der Waals surface area contributed by atoms with Gasteiger partial charge >= 0.3 is 0 Å². The van der Waals surface area contributed by atoms with E-state index in [2.05, 4.69) is 25.5 Å². The largest absolute Gasteiger partial charge is 0.508 e. The molecule has 2 aromatic heterocycles. The average Bonchev–Trinajstić information content (AvgIpc) is 3.59. The molecule has 1 saturated carbocycles. The number of carbonyl (C=O) groups is 2. The maximum Gasteiger partial charge on any atom is 0.263 e. The lowest BCUT2D eigenvalue weighted by atomic mass is 9.91. The first-order valence-electron chi connectivity index (χ1n) is 16.3. The average molecular weight is 674 g/mol. The molecule has 0 unspecified atom stereocenters. The van der Waals surface area contributed by atoms with Gasteiger partial charge in [0.2, 0.25) is 5.88 Å². The number of halogens is 1. The van der Waals surface area contributed by atoms with E-state index in [4.69, 9.17) is 9.47 Å². The predicted molar refractivity (Wildman–Crippen MR) is 181 cm³/mol. The van der Waals surface area contributed by atoms with E-state index in [0.29, 0.717) is 56.1 Å². The van der Waals surface area contributed by atoms with E-state index < -0.39 is 11.7 Å². The van der Waals surface area contributed by atoms with E-state index in [1.54, 1.807) is 24.4 Å². The minimum absolute atomic E-state index is 0.000209. The number of amides is 2. The molecule has 10 nitrogen and oxygen atoms in total. The Hall–Kier alpha value is -4.39. The summed E-state index contributed by atoms with van der Waals surface area (Å²) in [6.45, 7) is 7.71. The van der Waals surface area contributed by atoms with E-state index in [0.717, 1.165) is 47.1 Å². The van der Waals surface area contributed by atoms with Crippen molar-refractivity contribution in [3.05, 3.63) is 87.8 Å². The lowest BCUT2D eigenvalue weighted by Crippen LogP contribution is -2.43. The molecule has 0 spiro atoms. The Bertz CT molecular complexity index is 1750. The zero-order chi connectivity index (χ0) is 33.6. The Balaban J connectivity index is 1.10. The fourth-order valence-corrected chi connectivity index (χ4v) is 6.89. The van der Waals surface area contributed by atoms with Crippen LogP contribution in [0.3, 0.4) is 0 Å². The minimum atomic E-state index is -0.645. The second kappa shape index (κ2) is 15.2. The van der Waals surface area contributed by atoms with Gasteiger partial charge in [-0.2, -0.15) is 0 Å². The number of morpholine rings is 1. The van der Waals surface area contributed by atoms with Gasteiger partial charge < -0.3 is 25.2 Å². The topological polar surface area (TPSA) is 126 Å². The van der Waals surface area contributed by atoms with Crippen molar-refractivity contribution in [2.75, 3.05) is 26.3 Å². The molecule has 2 amide bonds. The van der Waals surface area contributed by atoms with Crippen molar-refractivity contribution in [2.45, 2.75) is 64.1 Å². The number of aromatic nitrogens is 2. The van der Waals surface area contributed by atoms with Crippen molar-refractivity contribution in [1.82, 2.24) is 25.5 Å². The van der Waals surface area contributed by atoms with Crippen LogP contribution in [0.5, 0.6) is 17.4 Å². The highest BCUT2D eigenvalue weighted by atomic mass is 32.1. The second-order valence-electron chi connectivity index (χ2n) is 12.6. The van der Waals surface area contributed by atoms with Gasteiger partial charge in [0.15, 0.2) is 0 Å². The lowest BCUT2D eigenvalue weighted by molar-refractivity contribution is 0.0342. The predicted octanol–water partition coefficient (Wildman–Crippen LogP) is 6.27. The van der Waals surface area contributed by atoms with Crippen molar-refractivity contribution in [2.24, 2.45) is 0 Å². The van der Waals surface area contributed by atoms with Crippen molar-refractivity contribution < 1.29 is 28.6 Å². The molecule has 3 heterocycles. The van der Waals surface area contributed by atoms with Gasteiger partial charge in [0.1, 0.15) is 27.8 Å². The molecule has 2 aromatic carbocycles. The molecular formula is C36H40FN5O5S. The molecule has 0 radical (unpaired) electrons. The van der Waals surface area contributed by atoms with Crippen LogP contribution in [-0.2, 0) is 11.3 Å². The van der Waals surface area contributed by atoms with Crippen molar-refractivity contribution in [1.29, 1.82) is 0 Å². The molecule has 1 aliphatic carbocycles. The summed E-state index contributed by atoms with van der Waals surface area (Å²) in [5, 5.41) is 17.3. The molecule has 0 atom stereocenters. The third-order valence-corrected chi connectivity index (χ3v) is 9.94. The smallest absolute Gasteiger partial charge is 0.263 e. The highest BCUT2D eigenvalue weighted by Gasteiger charge is 2.27. The number of hydrogen-bond acceptors (Lipinski definition) is 9. The summed E-state index contributed by atoms with van der Waals surface area (Å²) in [7, 11) is 0. The Morgan fingerprint density at radius 3 is 2.44 bits per heavy atom. The highest BCUT2D eigenvalue weighted by molar-refractivity contribution is 7.13.